The van der Waals surface area contributed by atoms with E-state index >= 15 is 0 Å². The van der Waals surface area contributed by atoms with Crippen LogP contribution in [-0.4, -0.2) is 50.8 Å². The lowest BCUT2D eigenvalue weighted by Gasteiger charge is -2.20. The summed E-state index contributed by atoms with van der Waals surface area (Å²) >= 11 is 0. The van der Waals surface area contributed by atoms with Crippen molar-refractivity contribution in [3.63, 3.8) is 0 Å². The summed E-state index contributed by atoms with van der Waals surface area (Å²) < 4.78 is 33.5. The molecule has 0 bridgehead atoms. The van der Waals surface area contributed by atoms with Gasteiger partial charge in [-0.2, -0.15) is 4.72 Å². The molecule has 2 atom stereocenters. The van der Waals surface area contributed by atoms with Crippen LogP contribution in [0.3, 0.4) is 0 Å². The summed E-state index contributed by atoms with van der Waals surface area (Å²) in [6.07, 6.45) is 1.96. The predicted octanol–water partition coefficient (Wildman–Crippen LogP) is 2.46. The number of sulfonamides is 1. The Kier molecular flexibility index (Phi) is 7.47. The first-order valence-electron chi connectivity index (χ1n) is 11.2. The number of aldehydes is 1. The minimum atomic E-state index is -4.22. The van der Waals surface area contributed by atoms with Crippen LogP contribution in [0.1, 0.15) is 12.0 Å². The quantitative estimate of drug-likeness (QED) is 0.223. The van der Waals surface area contributed by atoms with Gasteiger partial charge in [0.15, 0.2) is 0 Å². The molecule has 186 valence electrons. The number of benzene rings is 3. The van der Waals surface area contributed by atoms with Gasteiger partial charge in [-0.15, -0.1) is 0 Å². The van der Waals surface area contributed by atoms with Crippen molar-refractivity contribution < 1.29 is 27.5 Å². The Bertz CT molecular complexity index is 1520. The number of esters is 1. The molecule has 3 aromatic carbocycles. The highest BCUT2D eigenvalue weighted by Gasteiger charge is 2.30. The van der Waals surface area contributed by atoms with Gasteiger partial charge in [-0.25, -0.2) is 8.42 Å². The molecular formula is C26H25N3O6S. The lowest BCUT2D eigenvalue weighted by Crippen LogP contribution is -2.51. The molecule has 0 saturated heterocycles. The largest absolute Gasteiger partial charge is 0.469 e. The number of amides is 1. The smallest absolute Gasteiger partial charge is 0.307 e. The zero-order valence-electron chi connectivity index (χ0n) is 19.4. The molecule has 4 rings (SSSR count). The van der Waals surface area contributed by atoms with Gasteiger partial charge in [-0.3, -0.25) is 9.59 Å². The minimum Gasteiger partial charge on any atom is -0.469 e. The number of rotatable bonds is 10. The van der Waals surface area contributed by atoms with Gasteiger partial charge in [-0.1, -0.05) is 54.6 Å². The van der Waals surface area contributed by atoms with Crippen molar-refractivity contribution in [2.24, 2.45) is 0 Å². The van der Waals surface area contributed by atoms with Crippen molar-refractivity contribution >= 4 is 49.9 Å². The number of methoxy groups -OCH3 is 1. The van der Waals surface area contributed by atoms with Gasteiger partial charge in [0.05, 0.1) is 24.5 Å². The van der Waals surface area contributed by atoms with Gasteiger partial charge in [0.1, 0.15) is 12.3 Å². The van der Waals surface area contributed by atoms with Crippen LogP contribution >= 0.6 is 0 Å². The Labute approximate surface area is 207 Å². The minimum absolute atomic E-state index is 0.0333. The molecule has 0 aliphatic heterocycles. The fourth-order valence-electron chi connectivity index (χ4n) is 4.07. The summed E-state index contributed by atoms with van der Waals surface area (Å²) in [5.41, 5.74) is 1.69. The molecular weight excluding hydrogens is 482 g/mol. The Morgan fingerprint density at radius 2 is 1.69 bits per heavy atom. The predicted molar refractivity (Wildman–Crippen MR) is 135 cm³/mol. The molecule has 0 aliphatic carbocycles. The molecule has 1 heterocycles. The van der Waals surface area contributed by atoms with E-state index in [1.807, 2.05) is 24.3 Å². The molecule has 10 heteroatoms. The summed E-state index contributed by atoms with van der Waals surface area (Å²) in [5, 5.41) is 4.63. The zero-order valence-corrected chi connectivity index (χ0v) is 20.2. The number of aromatic nitrogens is 1. The molecule has 1 amide bonds. The van der Waals surface area contributed by atoms with E-state index in [0.29, 0.717) is 17.1 Å². The molecule has 1 unspecified atom stereocenters. The maximum atomic E-state index is 13.3. The number of carbonyl (C=O) groups excluding carboxylic acids is 3. The topological polar surface area (TPSA) is 134 Å². The number of ether oxygens (including phenoxy) is 1. The number of carbonyl (C=O) groups is 3. The van der Waals surface area contributed by atoms with Crippen LogP contribution in [0.15, 0.2) is 77.8 Å². The van der Waals surface area contributed by atoms with Crippen LogP contribution in [0, 0.1) is 0 Å². The Morgan fingerprint density at radius 1 is 1.00 bits per heavy atom. The fourth-order valence-corrected chi connectivity index (χ4v) is 5.50. The summed E-state index contributed by atoms with van der Waals surface area (Å²) in [4.78, 5) is 40.0. The van der Waals surface area contributed by atoms with E-state index < -0.39 is 40.4 Å². The number of H-pyrrole nitrogens is 1. The van der Waals surface area contributed by atoms with Crippen molar-refractivity contribution in [3.05, 3.63) is 78.5 Å². The van der Waals surface area contributed by atoms with Crippen LogP contribution in [0.4, 0.5) is 0 Å². The normalized spacial score (nSPS) is 13.2. The van der Waals surface area contributed by atoms with E-state index in [9.17, 15) is 22.8 Å². The molecule has 0 saturated carbocycles. The molecule has 0 spiro atoms. The first-order valence-corrected chi connectivity index (χ1v) is 12.7. The number of hydrogen-bond acceptors (Lipinski definition) is 6. The Morgan fingerprint density at radius 3 is 2.44 bits per heavy atom. The molecule has 0 radical (unpaired) electrons. The summed E-state index contributed by atoms with van der Waals surface area (Å²) in [5.74, 6) is -1.60. The SMILES string of the molecule is COC(=O)CC(NS(=O)(=O)c1cccc2ccccc12)C(=O)N[C@H](C=O)Cc1c[nH]c2ccccc12. The van der Waals surface area contributed by atoms with Gasteiger partial charge in [0, 0.05) is 28.9 Å². The van der Waals surface area contributed by atoms with E-state index in [-0.39, 0.29) is 11.3 Å². The monoisotopic (exact) mass is 507 g/mol. The molecule has 0 aliphatic rings. The van der Waals surface area contributed by atoms with E-state index in [0.717, 1.165) is 23.6 Å². The number of para-hydroxylation sites is 1. The number of nitrogens with one attached hydrogen (secondary N) is 3. The highest BCUT2D eigenvalue weighted by molar-refractivity contribution is 7.89. The van der Waals surface area contributed by atoms with Gasteiger partial charge < -0.3 is 19.8 Å². The maximum Gasteiger partial charge on any atom is 0.307 e. The average molecular weight is 508 g/mol. The second-order valence-corrected chi connectivity index (χ2v) is 9.93. The van der Waals surface area contributed by atoms with Crippen LogP contribution in [0.25, 0.3) is 21.7 Å². The van der Waals surface area contributed by atoms with Crippen LogP contribution in [-0.2, 0) is 35.6 Å². The number of fused-ring (bicyclic) bond motifs is 2. The molecule has 4 aromatic rings. The van der Waals surface area contributed by atoms with Crippen LogP contribution < -0.4 is 10.0 Å². The van der Waals surface area contributed by atoms with E-state index in [2.05, 4.69) is 19.8 Å². The van der Waals surface area contributed by atoms with Crippen LogP contribution in [0.2, 0.25) is 0 Å². The van der Waals surface area contributed by atoms with Crippen molar-refractivity contribution in [1.29, 1.82) is 0 Å². The van der Waals surface area contributed by atoms with Crippen LogP contribution in [0.5, 0.6) is 0 Å². The van der Waals surface area contributed by atoms with E-state index in [4.69, 9.17) is 0 Å². The maximum absolute atomic E-state index is 13.3. The second-order valence-electron chi connectivity index (χ2n) is 8.25. The van der Waals surface area contributed by atoms with Crippen molar-refractivity contribution in [2.75, 3.05) is 7.11 Å². The zero-order chi connectivity index (χ0) is 25.7. The van der Waals surface area contributed by atoms with Gasteiger partial charge in [-0.05, 0) is 23.1 Å². The highest BCUT2D eigenvalue weighted by Crippen LogP contribution is 2.23. The van der Waals surface area contributed by atoms with Crippen molar-refractivity contribution in [1.82, 2.24) is 15.0 Å². The molecule has 36 heavy (non-hydrogen) atoms. The van der Waals surface area contributed by atoms with Crippen molar-refractivity contribution in [2.45, 2.75) is 29.8 Å². The van der Waals surface area contributed by atoms with E-state index in [1.54, 1.807) is 42.6 Å². The van der Waals surface area contributed by atoms with Gasteiger partial charge in [0.2, 0.25) is 15.9 Å². The highest BCUT2D eigenvalue weighted by atomic mass is 32.2. The molecule has 9 nitrogen and oxygen atoms in total. The Hall–Kier alpha value is -4.02. The van der Waals surface area contributed by atoms with Gasteiger partial charge in [0.25, 0.3) is 0 Å². The van der Waals surface area contributed by atoms with Crippen molar-refractivity contribution in [3.8, 4) is 0 Å². The van der Waals surface area contributed by atoms with E-state index in [1.165, 1.54) is 6.07 Å². The molecule has 3 N–H and O–H groups in total. The summed E-state index contributed by atoms with van der Waals surface area (Å²) in [7, 11) is -3.08. The number of aromatic amines is 1. The second kappa shape index (κ2) is 10.7. The molecule has 0 fully saturated rings. The third-order valence-electron chi connectivity index (χ3n) is 5.86. The number of hydrogen-bond donors (Lipinski definition) is 3. The Balaban J connectivity index is 1.57. The standard InChI is InChI=1S/C26H25N3O6S/c1-35-25(31)14-23(29-36(33,34)24-12-6-8-17-7-2-3-10-21(17)24)26(32)28-19(16-30)13-18-15-27-22-11-5-4-9-20(18)22/h2-12,15-16,19,23,27,29H,13-14H2,1H3,(H,28,32)/t19-,23?/m0/s1. The first kappa shape index (κ1) is 25.1. The first-order chi connectivity index (χ1) is 17.3. The third kappa shape index (κ3) is 5.45. The fraction of sp³-hybridized carbons (Fsp3) is 0.192. The molecule has 1 aromatic heterocycles. The lowest BCUT2D eigenvalue weighted by molar-refractivity contribution is -0.143. The lowest BCUT2D eigenvalue weighted by atomic mass is 10.1. The average Bonchev–Trinajstić information content (AvgIpc) is 3.29. The third-order valence-corrected chi connectivity index (χ3v) is 7.39. The summed E-state index contributed by atoms with van der Waals surface area (Å²) in [6, 6.07) is 16.8. The van der Waals surface area contributed by atoms with Gasteiger partial charge >= 0.3 is 5.97 Å². The summed E-state index contributed by atoms with van der Waals surface area (Å²) in [6.45, 7) is 0.